The third-order valence-electron chi connectivity index (χ3n) is 6.86. The van der Waals surface area contributed by atoms with Crippen molar-refractivity contribution in [1.82, 2.24) is 4.90 Å². The number of ether oxygens (including phenoxy) is 2. The van der Waals surface area contributed by atoms with Gasteiger partial charge >= 0.3 is 0 Å². The maximum absolute atomic E-state index is 12.5. The van der Waals surface area contributed by atoms with Crippen molar-refractivity contribution in [3.63, 3.8) is 0 Å². The van der Waals surface area contributed by atoms with E-state index in [-0.39, 0.29) is 42.7 Å². The number of methoxy groups -OCH3 is 1. The molecule has 3 atom stereocenters. The molecule has 2 amide bonds. The van der Waals surface area contributed by atoms with Crippen molar-refractivity contribution in [2.24, 2.45) is 4.99 Å². The summed E-state index contributed by atoms with van der Waals surface area (Å²) >= 11 is 0. The second-order valence-corrected chi connectivity index (χ2v) is 9.56. The van der Waals surface area contributed by atoms with Crippen molar-refractivity contribution in [2.75, 3.05) is 33.1 Å². The number of hydrogen-bond acceptors (Lipinski definition) is 6. The average molecular weight is 494 g/mol. The summed E-state index contributed by atoms with van der Waals surface area (Å²) in [4.78, 5) is 30.9. The fourth-order valence-electron chi connectivity index (χ4n) is 5.01. The second-order valence-electron chi connectivity index (χ2n) is 9.56. The molecule has 1 aliphatic heterocycles. The van der Waals surface area contributed by atoms with Crippen LogP contribution in [0.1, 0.15) is 61.6 Å². The number of aliphatic hydroxyl groups is 1. The number of nitrogens with one attached hydrogen (secondary N) is 1. The lowest BCUT2D eigenvalue weighted by molar-refractivity contribution is -0.130. The zero-order valence-corrected chi connectivity index (χ0v) is 21.4. The summed E-state index contributed by atoms with van der Waals surface area (Å²) in [5.74, 6) is 1.13. The average Bonchev–Trinajstić information content (AvgIpc) is 2.86. The lowest BCUT2D eigenvalue weighted by Gasteiger charge is -2.37. The number of amides is 2. The zero-order valence-electron chi connectivity index (χ0n) is 21.4. The Morgan fingerprint density at radius 1 is 1.14 bits per heavy atom. The molecule has 1 heterocycles. The number of nitrogens with zero attached hydrogens (tertiary/aromatic N) is 2. The molecule has 2 aromatic carbocycles. The van der Waals surface area contributed by atoms with E-state index in [0.717, 1.165) is 35.2 Å². The van der Waals surface area contributed by atoms with E-state index in [0.29, 0.717) is 30.2 Å². The third-order valence-corrected chi connectivity index (χ3v) is 6.86. The summed E-state index contributed by atoms with van der Waals surface area (Å²) in [7, 11) is 4.97. The van der Waals surface area contributed by atoms with Gasteiger partial charge in [-0.25, -0.2) is 0 Å². The maximum Gasteiger partial charge on any atom is 0.224 e. The fraction of sp³-hybridized carbons (Fsp3) is 0.464. The summed E-state index contributed by atoms with van der Waals surface area (Å²) in [6, 6.07) is 11.7. The number of benzene rings is 2. The van der Waals surface area contributed by atoms with Crippen LogP contribution in [-0.2, 0) is 9.59 Å². The van der Waals surface area contributed by atoms with Gasteiger partial charge in [0.1, 0.15) is 0 Å². The molecule has 8 nitrogen and oxygen atoms in total. The summed E-state index contributed by atoms with van der Waals surface area (Å²) in [5.41, 5.74) is 4.42. The number of carbonyl (C=O) groups excluding carboxylic acids is 2. The van der Waals surface area contributed by atoms with E-state index >= 15 is 0 Å². The Labute approximate surface area is 212 Å². The zero-order chi connectivity index (χ0) is 25.8. The Hall–Kier alpha value is -3.39. The van der Waals surface area contributed by atoms with Crippen molar-refractivity contribution >= 4 is 23.2 Å². The Bertz CT molecular complexity index is 1160. The van der Waals surface area contributed by atoms with E-state index in [4.69, 9.17) is 14.5 Å². The molecule has 2 aromatic rings. The van der Waals surface area contributed by atoms with Gasteiger partial charge in [-0.1, -0.05) is 12.1 Å². The van der Waals surface area contributed by atoms with Crippen molar-refractivity contribution in [3.05, 3.63) is 53.1 Å². The molecule has 4 rings (SSSR count). The molecule has 3 unspecified atom stereocenters. The Balaban J connectivity index is 1.66. The summed E-state index contributed by atoms with van der Waals surface area (Å²) in [6.07, 6.45) is 2.13. The lowest BCUT2D eigenvalue weighted by Crippen LogP contribution is -2.34. The Morgan fingerprint density at radius 2 is 1.94 bits per heavy atom. The Morgan fingerprint density at radius 3 is 2.67 bits per heavy atom. The lowest BCUT2D eigenvalue weighted by atomic mass is 9.74. The van der Waals surface area contributed by atoms with Crippen LogP contribution in [0.25, 0.3) is 0 Å². The van der Waals surface area contributed by atoms with Crippen molar-refractivity contribution in [2.45, 2.75) is 57.1 Å². The van der Waals surface area contributed by atoms with Crippen LogP contribution in [0.5, 0.6) is 11.5 Å². The van der Waals surface area contributed by atoms with Crippen LogP contribution in [0.15, 0.2) is 41.4 Å². The number of aliphatic hydroxyl groups excluding tert-OH is 1. The largest absolute Gasteiger partial charge is 0.493 e. The highest BCUT2D eigenvalue weighted by Crippen LogP contribution is 2.45. The van der Waals surface area contributed by atoms with Gasteiger partial charge in [-0.15, -0.1) is 0 Å². The van der Waals surface area contributed by atoms with E-state index in [1.54, 1.807) is 21.2 Å². The van der Waals surface area contributed by atoms with Crippen molar-refractivity contribution in [1.29, 1.82) is 0 Å². The minimum absolute atomic E-state index is 0.0639. The van der Waals surface area contributed by atoms with Crippen molar-refractivity contribution in [3.8, 4) is 11.5 Å². The smallest absolute Gasteiger partial charge is 0.224 e. The van der Waals surface area contributed by atoms with Crippen LogP contribution in [0.4, 0.5) is 5.69 Å². The molecule has 192 valence electrons. The molecular weight excluding hydrogens is 458 g/mol. The highest BCUT2D eigenvalue weighted by atomic mass is 16.5. The molecule has 8 heteroatoms. The SMILES string of the molecule is CCOc1cc2c(cc1OC)C(c1cccc(NC(=O)CCC(=O)N(C)C)c1)=NC1CCC(O)CC21. The first-order chi connectivity index (χ1) is 17.3. The molecule has 2 aliphatic rings. The van der Waals surface area contributed by atoms with Gasteiger partial charge in [-0.3, -0.25) is 14.6 Å². The van der Waals surface area contributed by atoms with Gasteiger partial charge < -0.3 is 24.8 Å². The Kier molecular flexibility index (Phi) is 7.94. The molecule has 1 fully saturated rings. The second kappa shape index (κ2) is 11.1. The molecular formula is C28H35N3O5. The fourth-order valence-corrected chi connectivity index (χ4v) is 5.01. The van der Waals surface area contributed by atoms with Crippen LogP contribution >= 0.6 is 0 Å². The normalized spacial score (nSPS) is 20.5. The highest BCUT2D eigenvalue weighted by Gasteiger charge is 2.37. The minimum atomic E-state index is -0.341. The van der Waals surface area contributed by atoms with Crippen LogP contribution < -0.4 is 14.8 Å². The van der Waals surface area contributed by atoms with Crippen LogP contribution in [0.2, 0.25) is 0 Å². The van der Waals surface area contributed by atoms with E-state index in [9.17, 15) is 14.7 Å². The molecule has 1 aliphatic carbocycles. The number of aliphatic imine (C=N–C) groups is 1. The molecule has 0 aromatic heterocycles. The van der Waals surface area contributed by atoms with E-state index in [1.807, 2.05) is 43.3 Å². The molecule has 1 saturated carbocycles. The van der Waals surface area contributed by atoms with E-state index < -0.39 is 0 Å². The summed E-state index contributed by atoms with van der Waals surface area (Å²) in [6.45, 7) is 2.46. The van der Waals surface area contributed by atoms with Gasteiger partial charge in [0.2, 0.25) is 11.8 Å². The maximum atomic E-state index is 12.5. The highest BCUT2D eigenvalue weighted by molar-refractivity contribution is 6.15. The number of rotatable bonds is 8. The predicted molar refractivity (Wildman–Crippen MR) is 139 cm³/mol. The topological polar surface area (TPSA) is 100 Å². The molecule has 2 N–H and O–H groups in total. The van der Waals surface area contributed by atoms with Crippen molar-refractivity contribution < 1.29 is 24.2 Å². The molecule has 0 radical (unpaired) electrons. The van der Waals surface area contributed by atoms with Crippen LogP contribution in [0.3, 0.4) is 0 Å². The predicted octanol–water partition coefficient (Wildman–Crippen LogP) is 3.75. The quantitative estimate of drug-likeness (QED) is 0.583. The van der Waals surface area contributed by atoms with Gasteiger partial charge in [0, 0.05) is 49.7 Å². The molecule has 0 spiro atoms. The van der Waals surface area contributed by atoms with Crippen LogP contribution in [0, 0.1) is 0 Å². The number of carbonyl (C=O) groups is 2. The van der Waals surface area contributed by atoms with E-state index in [2.05, 4.69) is 5.32 Å². The van der Waals surface area contributed by atoms with E-state index in [1.165, 1.54) is 4.90 Å². The van der Waals surface area contributed by atoms with Gasteiger partial charge in [0.25, 0.3) is 0 Å². The standard InChI is InChI=1S/C28H35N3O5/c1-5-36-25-15-20-21-14-19(32)9-10-23(21)30-28(22(20)16-24(25)35-4)17-7-6-8-18(13-17)29-26(33)11-12-27(34)31(2)3/h6-8,13,15-16,19,21,23,32H,5,9-12,14H2,1-4H3,(H,29,33). The number of anilines is 1. The van der Waals surface area contributed by atoms with Crippen LogP contribution in [-0.4, -0.2) is 67.5 Å². The molecule has 36 heavy (non-hydrogen) atoms. The molecule has 0 bridgehead atoms. The number of hydrogen-bond donors (Lipinski definition) is 2. The van der Waals surface area contributed by atoms with Gasteiger partial charge in [0.05, 0.1) is 31.6 Å². The van der Waals surface area contributed by atoms with Gasteiger partial charge in [-0.05, 0) is 56.0 Å². The number of fused-ring (bicyclic) bond motifs is 3. The third kappa shape index (κ3) is 5.54. The monoisotopic (exact) mass is 493 g/mol. The first-order valence-corrected chi connectivity index (χ1v) is 12.5. The summed E-state index contributed by atoms with van der Waals surface area (Å²) in [5, 5.41) is 13.3. The first-order valence-electron chi connectivity index (χ1n) is 12.5. The van der Waals surface area contributed by atoms with Gasteiger partial charge in [0.15, 0.2) is 11.5 Å². The van der Waals surface area contributed by atoms with Gasteiger partial charge in [-0.2, -0.15) is 0 Å². The summed E-state index contributed by atoms with van der Waals surface area (Å²) < 4.78 is 11.5. The minimum Gasteiger partial charge on any atom is -0.493 e. The first kappa shape index (κ1) is 25.7. The molecule has 0 saturated heterocycles.